The first-order valence-corrected chi connectivity index (χ1v) is 10.9. The fourth-order valence-corrected chi connectivity index (χ4v) is 3.18. The van der Waals surface area contributed by atoms with Crippen LogP contribution in [-0.4, -0.2) is 23.8 Å². The van der Waals surface area contributed by atoms with E-state index in [9.17, 15) is 19.2 Å². The van der Waals surface area contributed by atoms with E-state index in [0.717, 1.165) is 32.1 Å². The highest BCUT2D eigenvalue weighted by Gasteiger charge is 2.22. The molecule has 0 amide bonds. The monoisotopic (exact) mass is 422 g/mol. The molecule has 0 aromatic heterocycles. The van der Waals surface area contributed by atoms with Gasteiger partial charge in [-0.3, -0.25) is 19.2 Å². The van der Waals surface area contributed by atoms with Gasteiger partial charge in [0.2, 0.25) is 0 Å². The van der Waals surface area contributed by atoms with E-state index in [2.05, 4.69) is 6.92 Å². The van der Waals surface area contributed by atoms with E-state index < -0.39 is 11.8 Å². The second kappa shape index (κ2) is 11.9. The third-order valence-electron chi connectivity index (χ3n) is 5.07. The molecule has 0 atom stereocenters. The van der Waals surface area contributed by atoms with Gasteiger partial charge in [-0.25, -0.2) is 0 Å². The molecular formula is C26H30O5. The van der Waals surface area contributed by atoms with E-state index in [0.29, 0.717) is 18.3 Å². The third-order valence-corrected chi connectivity index (χ3v) is 5.07. The number of rotatable bonds is 12. The fraction of sp³-hybridized carbons (Fsp3) is 0.385. The summed E-state index contributed by atoms with van der Waals surface area (Å²) in [6, 6.07) is 11.0. The van der Waals surface area contributed by atoms with Crippen molar-refractivity contribution in [1.29, 1.82) is 0 Å². The standard InChI is InChI=1S/C26H30O5/c1-4-5-6-7-8-13-23(28)19-14-15-24(31-26(30)18(2)3)22(16-19)25(29)21-12-10-9-11-20(21)17-27/h9-12,14-18H,4-8,13H2,1-3H3. The van der Waals surface area contributed by atoms with Crippen molar-refractivity contribution in [3.05, 3.63) is 64.7 Å². The van der Waals surface area contributed by atoms with Crippen LogP contribution in [0.3, 0.4) is 0 Å². The van der Waals surface area contributed by atoms with Crippen molar-refractivity contribution in [3.8, 4) is 5.75 Å². The van der Waals surface area contributed by atoms with Gasteiger partial charge >= 0.3 is 5.97 Å². The smallest absolute Gasteiger partial charge is 0.313 e. The molecule has 0 aliphatic heterocycles. The predicted octanol–water partition coefficient (Wildman–Crippen LogP) is 5.83. The molecule has 0 aliphatic rings. The molecule has 5 heteroatoms. The van der Waals surface area contributed by atoms with E-state index in [1.807, 2.05) is 0 Å². The van der Waals surface area contributed by atoms with E-state index in [4.69, 9.17) is 4.74 Å². The van der Waals surface area contributed by atoms with Crippen LogP contribution in [0.25, 0.3) is 0 Å². The van der Waals surface area contributed by atoms with Crippen molar-refractivity contribution in [2.75, 3.05) is 0 Å². The summed E-state index contributed by atoms with van der Waals surface area (Å²) in [5.41, 5.74) is 0.928. The predicted molar refractivity (Wildman–Crippen MR) is 120 cm³/mol. The molecule has 0 saturated heterocycles. The molecule has 2 aromatic rings. The van der Waals surface area contributed by atoms with Gasteiger partial charge in [0.25, 0.3) is 0 Å². The van der Waals surface area contributed by atoms with Crippen LogP contribution in [0.4, 0.5) is 0 Å². The summed E-state index contributed by atoms with van der Waals surface area (Å²) in [4.78, 5) is 49.5. The molecule has 0 aliphatic carbocycles. The number of unbranched alkanes of at least 4 members (excludes halogenated alkanes) is 4. The number of hydrogen-bond donors (Lipinski definition) is 0. The number of carbonyl (C=O) groups excluding carboxylic acids is 4. The summed E-state index contributed by atoms with van der Waals surface area (Å²) in [7, 11) is 0. The van der Waals surface area contributed by atoms with Crippen molar-refractivity contribution in [2.45, 2.75) is 59.3 Å². The Labute approximate surface area is 183 Å². The molecule has 0 bridgehead atoms. The maximum absolute atomic E-state index is 13.2. The topological polar surface area (TPSA) is 77.5 Å². The van der Waals surface area contributed by atoms with Crippen LogP contribution >= 0.6 is 0 Å². The molecule has 0 fully saturated rings. The number of aldehydes is 1. The minimum Gasteiger partial charge on any atom is -0.426 e. The Bertz CT molecular complexity index is 943. The van der Waals surface area contributed by atoms with Crippen molar-refractivity contribution < 1.29 is 23.9 Å². The van der Waals surface area contributed by atoms with Crippen LogP contribution < -0.4 is 4.74 Å². The number of benzene rings is 2. The number of ketones is 2. The molecule has 164 valence electrons. The molecule has 2 rings (SSSR count). The van der Waals surface area contributed by atoms with Gasteiger partial charge in [0, 0.05) is 23.1 Å². The SMILES string of the molecule is CCCCCCCC(=O)c1ccc(OC(=O)C(C)C)c(C(=O)c2ccccc2C=O)c1. The second-order valence-electron chi connectivity index (χ2n) is 7.91. The van der Waals surface area contributed by atoms with Crippen LogP contribution in [0.15, 0.2) is 42.5 Å². The summed E-state index contributed by atoms with van der Waals surface area (Å²) >= 11 is 0. The van der Waals surface area contributed by atoms with Crippen LogP contribution in [0, 0.1) is 5.92 Å². The van der Waals surface area contributed by atoms with Gasteiger partial charge in [0.15, 0.2) is 17.9 Å². The van der Waals surface area contributed by atoms with Crippen LogP contribution in [0.1, 0.15) is 95.9 Å². The Kier molecular flexibility index (Phi) is 9.32. The van der Waals surface area contributed by atoms with Crippen molar-refractivity contribution >= 4 is 23.8 Å². The summed E-state index contributed by atoms with van der Waals surface area (Å²) in [6.07, 6.45) is 6.17. The minimum absolute atomic E-state index is 0.0593. The van der Waals surface area contributed by atoms with Gasteiger partial charge in [-0.1, -0.05) is 70.7 Å². The summed E-state index contributed by atoms with van der Waals surface area (Å²) in [5, 5.41) is 0. The van der Waals surface area contributed by atoms with E-state index >= 15 is 0 Å². The number of Topliss-reactive ketones (excluding diaryl/α,β-unsaturated/α-hetero) is 1. The Morgan fingerprint density at radius 2 is 1.65 bits per heavy atom. The molecule has 0 spiro atoms. The summed E-state index contributed by atoms with van der Waals surface area (Å²) in [5.74, 6) is -1.30. The quantitative estimate of drug-likeness (QED) is 0.141. The molecule has 2 aromatic carbocycles. The lowest BCUT2D eigenvalue weighted by molar-refractivity contribution is -0.137. The normalized spacial score (nSPS) is 10.7. The highest BCUT2D eigenvalue weighted by molar-refractivity contribution is 6.15. The maximum atomic E-state index is 13.2. The zero-order valence-electron chi connectivity index (χ0n) is 18.5. The van der Waals surface area contributed by atoms with Gasteiger partial charge in [-0.15, -0.1) is 0 Å². The highest BCUT2D eigenvalue weighted by Crippen LogP contribution is 2.26. The van der Waals surface area contributed by atoms with Crippen LogP contribution in [0.5, 0.6) is 5.75 Å². The van der Waals surface area contributed by atoms with Gasteiger partial charge in [0.05, 0.1) is 11.5 Å². The first-order valence-electron chi connectivity index (χ1n) is 10.9. The van der Waals surface area contributed by atoms with Gasteiger partial charge < -0.3 is 4.74 Å². The number of esters is 1. The molecule has 0 N–H and O–H groups in total. The first-order chi connectivity index (χ1) is 14.9. The molecule has 31 heavy (non-hydrogen) atoms. The third kappa shape index (κ3) is 6.71. The molecule has 0 unspecified atom stereocenters. The van der Waals surface area contributed by atoms with Gasteiger partial charge in [-0.05, 0) is 24.6 Å². The van der Waals surface area contributed by atoms with E-state index in [1.165, 1.54) is 12.1 Å². The number of carbonyl (C=O) groups is 4. The highest BCUT2D eigenvalue weighted by atomic mass is 16.5. The van der Waals surface area contributed by atoms with Crippen LogP contribution in [-0.2, 0) is 4.79 Å². The Morgan fingerprint density at radius 1 is 0.935 bits per heavy atom. The molecule has 0 saturated carbocycles. The van der Waals surface area contributed by atoms with E-state index in [1.54, 1.807) is 44.2 Å². The lowest BCUT2D eigenvalue weighted by Crippen LogP contribution is -2.17. The largest absolute Gasteiger partial charge is 0.426 e. The average molecular weight is 423 g/mol. The van der Waals surface area contributed by atoms with Gasteiger partial charge in [0.1, 0.15) is 5.75 Å². The minimum atomic E-state index is -0.479. The molecule has 0 radical (unpaired) electrons. The maximum Gasteiger partial charge on any atom is 0.313 e. The zero-order chi connectivity index (χ0) is 22.8. The molecular weight excluding hydrogens is 392 g/mol. The van der Waals surface area contributed by atoms with Crippen molar-refractivity contribution in [3.63, 3.8) is 0 Å². The Balaban J connectivity index is 2.35. The van der Waals surface area contributed by atoms with Crippen molar-refractivity contribution in [2.24, 2.45) is 5.92 Å². The lowest BCUT2D eigenvalue weighted by atomic mass is 9.95. The van der Waals surface area contributed by atoms with Crippen molar-refractivity contribution in [1.82, 2.24) is 0 Å². The Hall–Kier alpha value is -3.08. The summed E-state index contributed by atoms with van der Waals surface area (Å²) in [6.45, 7) is 5.53. The van der Waals surface area contributed by atoms with Gasteiger partial charge in [-0.2, -0.15) is 0 Å². The molecule has 0 heterocycles. The summed E-state index contributed by atoms with van der Waals surface area (Å²) < 4.78 is 5.42. The Morgan fingerprint density at radius 3 is 2.32 bits per heavy atom. The number of ether oxygens (including phenoxy) is 1. The fourth-order valence-electron chi connectivity index (χ4n) is 3.18. The number of hydrogen-bond acceptors (Lipinski definition) is 5. The second-order valence-corrected chi connectivity index (χ2v) is 7.91. The average Bonchev–Trinajstić information content (AvgIpc) is 2.78. The molecule has 5 nitrogen and oxygen atoms in total. The lowest BCUT2D eigenvalue weighted by Gasteiger charge is -2.13. The van der Waals surface area contributed by atoms with E-state index in [-0.39, 0.29) is 34.1 Å². The first kappa shape index (κ1) is 24.2. The zero-order valence-corrected chi connectivity index (χ0v) is 18.5. The van der Waals surface area contributed by atoms with Crippen LogP contribution in [0.2, 0.25) is 0 Å².